The van der Waals surface area contributed by atoms with Gasteiger partial charge in [0.25, 0.3) is 0 Å². The number of anilines is 1. The largest absolute Gasteiger partial charge is 0.368 e. The number of halogens is 1. The molecule has 0 fully saturated rings. The minimum Gasteiger partial charge on any atom is -0.368 e. The topological polar surface area (TPSA) is 66.0 Å². The number of thiophene rings is 1. The molecule has 0 aliphatic carbocycles. The zero-order chi connectivity index (χ0) is 16.8. The maximum Gasteiger partial charge on any atom is 0.315 e. The number of nitrogens with zero attached hydrogens (tertiary/aromatic N) is 1. The van der Waals surface area contributed by atoms with E-state index in [2.05, 4.69) is 36.9 Å². The quantitative estimate of drug-likeness (QED) is 0.544. The van der Waals surface area contributed by atoms with Crippen LogP contribution in [0.3, 0.4) is 0 Å². The first-order chi connectivity index (χ1) is 11.7. The summed E-state index contributed by atoms with van der Waals surface area (Å²) in [4.78, 5) is 17.4. The van der Waals surface area contributed by atoms with Gasteiger partial charge in [-0.25, -0.2) is 9.78 Å². The lowest BCUT2D eigenvalue weighted by Gasteiger charge is -2.09. The fourth-order valence-corrected chi connectivity index (χ4v) is 3.60. The van der Waals surface area contributed by atoms with Gasteiger partial charge in [-0.1, -0.05) is 18.2 Å². The molecule has 0 bridgehead atoms. The molecule has 1 aromatic carbocycles. The molecule has 7 heteroatoms. The van der Waals surface area contributed by atoms with Gasteiger partial charge in [-0.2, -0.15) is 0 Å². The molecule has 5 nitrogen and oxygen atoms in total. The van der Waals surface area contributed by atoms with E-state index < -0.39 is 0 Å². The average Bonchev–Trinajstić information content (AvgIpc) is 3.02. The summed E-state index contributed by atoms with van der Waals surface area (Å²) >= 11 is 5.00. The maximum atomic E-state index is 11.7. The third-order valence-corrected chi connectivity index (χ3v) is 5.06. The zero-order valence-corrected chi connectivity index (χ0v) is 15.3. The lowest BCUT2D eigenvalue weighted by Crippen LogP contribution is -2.37. The number of para-hydroxylation sites is 1. The van der Waals surface area contributed by atoms with Crippen molar-refractivity contribution >= 4 is 50.0 Å². The molecule has 2 amide bonds. The number of aromatic nitrogens is 1. The first kappa shape index (κ1) is 16.7. The zero-order valence-electron chi connectivity index (χ0n) is 12.9. The molecule has 0 spiro atoms. The number of amides is 2. The summed E-state index contributed by atoms with van der Waals surface area (Å²) in [5.41, 5.74) is 0.954. The number of nitrogens with one attached hydrogen (secondary N) is 3. The van der Waals surface area contributed by atoms with Crippen molar-refractivity contribution in [2.24, 2.45) is 0 Å². The number of urea groups is 1. The molecule has 0 radical (unpaired) electrons. The van der Waals surface area contributed by atoms with Crippen LogP contribution in [0.5, 0.6) is 0 Å². The summed E-state index contributed by atoms with van der Waals surface area (Å²) in [6.45, 7) is 1.67. The van der Waals surface area contributed by atoms with Crippen molar-refractivity contribution in [1.82, 2.24) is 15.6 Å². The normalized spacial score (nSPS) is 10.5. The van der Waals surface area contributed by atoms with Gasteiger partial charge in [0.2, 0.25) is 0 Å². The lowest BCUT2D eigenvalue weighted by atomic mass is 10.2. The number of pyridine rings is 1. The SMILES string of the molecule is O=C(NCCNc1ccc2ccccc2n1)NCc1cc(Br)cs1. The Bertz CT molecular complexity index is 836. The van der Waals surface area contributed by atoms with Gasteiger partial charge >= 0.3 is 6.03 Å². The number of hydrogen-bond acceptors (Lipinski definition) is 4. The molecule has 124 valence electrons. The van der Waals surface area contributed by atoms with Gasteiger partial charge < -0.3 is 16.0 Å². The summed E-state index contributed by atoms with van der Waals surface area (Å²) in [6, 6.07) is 13.8. The van der Waals surface area contributed by atoms with Crippen molar-refractivity contribution in [2.75, 3.05) is 18.4 Å². The van der Waals surface area contributed by atoms with Crippen LogP contribution in [0.4, 0.5) is 10.6 Å². The summed E-state index contributed by atoms with van der Waals surface area (Å²) in [6.07, 6.45) is 0. The van der Waals surface area contributed by atoms with E-state index in [1.807, 2.05) is 47.8 Å². The van der Waals surface area contributed by atoms with E-state index in [1.54, 1.807) is 11.3 Å². The highest BCUT2D eigenvalue weighted by Crippen LogP contribution is 2.19. The Morgan fingerprint density at radius 1 is 1.12 bits per heavy atom. The Hall–Kier alpha value is -2.12. The second kappa shape index (κ2) is 8.12. The van der Waals surface area contributed by atoms with E-state index in [0.717, 1.165) is 26.1 Å². The molecule has 0 saturated carbocycles. The highest BCUT2D eigenvalue weighted by molar-refractivity contribution is 9.10. The summed E-state index contributed by atoms with van der Waals surface area (Å²) in [5.74, 6) is 0.805. The van der Waals surface area contributed by atoms with Crippen LogP contribution in [-0.2, 0) is 6.54 Å². The van der Waals surface area contributed by atoms with Gasteiger partial charge in [0.05, 0.1) is 12.1 Å². The molecule has 0 saturated heterocycles. The van der Waals surface area contributed by atoms with Crippen molar-refractivity contribution in [1.29, 1.82) is 0 Å². The first-order valence-corrected chi connectivity index (χ1v) is 9.22. The van der Waals surface area contributed by atoms with Gasteiger partial charge in [-0.15, -0.1) is 11.3 Å². The summed E-state index contributed by atoms with van der Waals surface area (Å²) in [5, 5.41) is 12.0. The fraction of sp³-hybridized carbons (Fsp3) is 0.176. The Balaban J connectivity index is 1.38. The van der Waals surface area contributed by atoms with Crippen molar-refractivity contribution in [3.8, 4) is 0 Å². The van der Waals surface area contributed by atoms with Crippen LogP contribution in [0.2, 0.25) is 0 Å². The molecule has 3 aromatic rings. The molecule has 2 aromatic heterocycles. The summed E-state index contributed by atoms with van der Waals surface area (Å²) in [7, 11) is 0. The smallest absolute Gasteiger partial charge is 0.315 e. The Kier molecular flexibility index (Phi) is 5.66. The van der Waals surface area contributed by atoms with Gasteiger partial charge in [-0.05, 0) is 40.2 Å². The third kappa shape index (κ3) is 4.69. The van der Waals surface area contributed by atoms with Crippen LogP contribution in [0.15, 0.2) is 52.3 Å². The fourth-order valence-electron chi connectivity index (χ4n) is 2.21. The minimum absolute atomic E-state index is 0.173. The molecule has 0 aliphatic rings. The highest BCUT2D eigenvalue weighted by atomic mass is 79.9. The molecule has 2 heterocycles. The van der Waals surface area contributed by atoms with Crippen LogP contribution in [0, 0.1) is 0 Å². The van der Waals surface area contributed by atoms with Crippen LogP contribution < -0.4 is 16.0 Å². The van der Waals surface area contributed by atoms with Gasteiger partial charge in [0.15, 0.2) is 0 Å². The number of carbonyl (C=O) groups is 1. The van der Waals surface area contributed by atoms with Gasteiger partial charge in [-0.3, -0.25) is 0 Å². The van der Waals surface area contributed by atoms with Gasteiger partial charge in [0, 0.05) is 33.2 Å². The third-order valence-electron chi connectivity index (χ3n) is 3.36. The number of rotatable bonds is 6. The molecule has 3 N–H and O–H groups in total. The summed E-state index contributed by atoms with van der Waals surface area (Å²) < 4.78 is 1.04. The monoisotopic (exact) mass is 404 g/mol. The van der Waals surface area contributed by atoms with Crippen LogP contribution >= 0.6 is 27.3 Å². The number of fused-ring (bicyclic) bond motifs is 1. The second-order valence-electron chi connectivity index (χ2n) is 5.16. The number of hydrogen-bond donors (Lipinski definition) is 3. The average molecular weight is 405 g/mol. The highest BCUT2D eigenvalue weighted by Gasteiger charge is 2.02. The lowest BCUT2D eigenvalue weighted by molar-refractivity contribution is 0.241. The molecule has 3 rings (SSSR count). The van der Waals surface area contributed by atoms with E-state index >= 15 is 0 Å². The maximum absolute atomic E-state index is 11.7. The van der Waals surface area contributed by atoms with E-state index in [4.69, 9.17) is 0 Å². The van der Waals surface area contributed by atoms with Crippen molar-refractivity contribution in [3.05, 3.63) is 57.2 Å². The van der Waals surface area contributed by atoms with Crippen LogP contribution in [0.25, 0.3) is 10.9 Å². The standard InChI is InChI=1S/C17H17BrN4OS/c18-13-9-14(24-11-13)10-21-17(23)20-8-7-19-16-6-5-12-3-1-2-4-15(12)22-16/h1-6,9,11H,7-8,10H2,(H,19,22)(H2,20,21,23). The van der Waals surface area contributed by atoms with Crippen LogP contribution in [0.1, 0.15) is 4.88 Å². The minimum atomic E-state index is -0.173. The molecule has 0 atom stereocenters. The van der Waals surface area contributed by atoms with Crippen molar-refractivity contribution < 1.29 is 4.79 Å². The van der Waals surface area contributed by atoms with Crippen molar-refractivity contribution in [2.45, 2.75) is 6.54 Å². The molecular weight excluding hydrogens is 388 g/mol. The number of carbonyl (C=O) groups excluding carboxylic acids is 1. The Labute approximate surface area is 152 Å². The van der Waals surface area contributed by atoms with Crippen molar-refractivity contribution in [3.63, 3.8) is 0 Å². The number of benzene rings is 1. The van der Waals surface area contributed by atoms with Crippen LogP contribution in [-0.4, -0.2) is 24.1 Å². The van der Waals surface area contributed by atoms with Gasteiger partial charge in [0.1, 0.15) is 5.82 Å². The predicted molar refractivity (Wildman–Crippen MR) is 102 cm³/mol. The van der Waals surface area contributed by atoms with E-state index in [9.17, 15) is 4.79 Å². The molecular formula is C17H17BrN4OS. The molecule has 24 heavy (non-hydrogen) atoms. The Morgan fingerprint density at radius 2 is 2.00 bits per heavy atom. The molecule has 0 aliphatic heterocycles. The predicted octanol–water partition coefficient (Wildman–Crippen LogP) is 3.97. The second-order valence-corrected chi connectivity index (χ2v) is 7.07. The first-order valence-electron chi connectivity index (χ1n) is 7.55. The Morgan fingerprint density at radius 3 is 2.83 bits per heavy atom. The van der Waals surface area contributed by atoms with E-state index in [0.29, 0.717) is 19.6 Å². The van der Waals surface area contributed by atoms with E-state index in [1.165, 1.54) is 0 Å². The molecule has 0 unspecified atom stereocenters. The van der Waals surface area contributed by atoms with E-state index in [-0.39, 0.29) is 6.03 Å².